The first kappa shape index (κ1) is 63.0. The summed E-state index contributed by atoms with van der Waals surface area (Å²) >= 11 is 1.47. The molecular formula is C67H72F2N8O11S. The predicted molar refractivity (Wildman–Crippen MR) is 328 cm³/mol. The number of thiazole rings is 1. The first-order chi connectivity index (χ1) is 42.5. The fourth-order valence-electron chi connectivity index (χ4n) is 11.6. The molecule has 0 radical (unpaired) electrons. The van der Waals surface area contributed by atoms with Crippen LogP contribution >= 0.6 is 11.3 Å². The highest BCUT2D eigenvalue weighted by atomic mass is 32.1. The van der Waals surface area contributed by atoms with Gasteiger partial charge in [0.15, 0.2) is 24.0 Å². The highest BCUT2D eigenvalue weighted by Crippen LogP contribution is 2.42. The minimum Gasteiger partial charge on any atom is -0.493 e. The van der Waals surface area contributed by atoms with E-state index >= 15 is 4.39 Å². The van der Waals surface area contributed by atoms with Gasteiger partial charge in [-0.2, -0.15) is 0 Å². The van der Waals surface area contributed by atoms with Crippen molar-refractivity contribution in [3.8, 4) is 38.8 Å². The summed E-state index contributed by atoms with van der Waals surface area (Å²) in [7, 11) is 1.74. The molecule has 10 rings (SSSR count). The smallest absolute Gasteiger partial charge is 0.437 e. The number of rotatable bonds is 20. The van der Waals surface area contributed by atoms with Crippen LogP contribution in [0.15, 0.2) is 114 Å². The number of hydrogen-bond acceptors (Lipinski definition) is 13. The summed E-state index contributed by atoms with van der Waals surface area (Å²) in [5, 5.41) is 16.6. The number of likely N-dealkylation sites (tertiary alicyclic amines) is 1. The largest absolute Gasteiger partial charge is 0.493 e. The lowest BCUT2D eigenvalue weighted by atomic mass is 9.86. The van der Waals surface area contributed by atoms with Gasteiger partial charge in [-0.25, -0.2) is 18.6 Å². The van der Waals surface area contributed by atoms with Crippen molar-refractivity contribution >= 4 is 46.8 Å². The molecule has 0 bridgehead atoms. The maximum Gasteiger partial charge on any atom is 0.437 e. The number of imidazole rings is 1. The number of nitrogens with one attached hydrogen (secondary N) is 2. The average Bonchev–Trinajstić information content (AvgIpc) is 1.56. The number of amides is 5. The average molecular weight is 1240 g/mol. The summed E-state index contributed by atoms with van der Waals surface area (Å²) < 4.78 is 57.0. The third-order valence-corrected chi connectivity index (χ3v) is 16.8. The summed E-state index contributed by atoms with van der Waals surface area (Å²) in [6.07, 6.45) is 2.32. The molecular weight excluding hydrogens is 1160 g/mol. The normalized spacial score (nSPS) is 16.9. The van der Waals surface area contributed by atoms with Crippen LogP contribution in [0.4, 0.5) is 13.6 Å². The number of hydrogen-bond donors (Lipinski definition) is 3. The summed E-state index contributed by atoms with van der Waals surface area (Å²) in [4.78, 5) is 94.9. The molecule has 1 fully saturated rings. The number of benzene rings is 5. The van der Waals surface area contributed by atoms with E-state index in [2.05, 4.69) is 20.6 Å². The van der Waals surface area contributed by atoms with E-state index in [0.717, 1.165) is 21.7 Å². The Balaban J connectivity index is 0.754. The number of ketones is 1. The topological polar surface area (TPSA) is 225 Å². The molecule has 0 aliphatic carbocycles. The number of aryl methyl sites for hydroxylation is 3. The predicted octanol–water partition coefficient (Wildman–Crippen LogP) is 9.05. The van der Waals surface area contributed by atoms with Gasteiger partial charge >= 0.3 is 6.09 Å². The number of halogens is 2. The lowest BCUT2D eigenvalue weighted by molar-refractivity contribution is -0.143. The van der Waals surface area contributed by atoms with Gasteiger partial charge in [-0.3, -0.25) is 24.0 Å². The maximum absolute atomic E-state index is 15.3. The number of ether oxygens (including phenoxy) is 4. The second-order valence-corrected chi connectivity index (χ2v) is 24.9. The molecule has 5 heterocycles. The molecule has 0 spiro atoms. The van der Waals surface area contributed by atoms with Crippen molar-refractivity contribution in [2.24, 2.45) is 23.9 Å². The van der Waals surface area contributed by atoms with E-state index in [1.165, 1.54) is 40.5 Å². The van der Waals surface area contributed by atoms with Crippen LogP contribution in [0, 0.1) is 37.3 Å². The zero-order valence-electron chi connectivity index (χ0n) is 50.9. The molecule has 0 unspecified atom stereocenters. The van der Waals surface area contributed by atoms with Crippen LogP contribution in [-0.4, -0.2) is 121 Å². The molecule has 7 aromatic rings. The number of aromatic nitrogens is 3. The Morgan fingerprint density at radius 3 is 2.42 bits per heavy atom. The quantitative estimate of drug-likeness (QED) is 0.0608. The number of β-amino-alcohol motifs (C(OH)–C–C–N with tert-alkyl or cyclic N) is 1. The molecule has 2 aromatic heterocycles. The molecule has 5 aromatic carbocycles. The molecule has 3 aliphatic rings. The van der Waals surface area contributed by atoms with Gasteiger partial charge in [0.25, 0.3) is 11.8 Å². The summed E-state index contributed by atoms with van der Waals surface area (Å²) in [5.74, 6) is -3.33. The van der Waals surface area contributed by atoms with Gasteiger partial charge in [0, 0.05) is 68.7 Å². The van der Waals surface area contributed by atoms with Gasteiger partial charge in [-0.05, 0) is 135 Å². The van der Waals surface area contributed by atoms with Crippen LogP contribution in [0.3, 0.4) is 0 Å². The maximum atomic E-state index is 15.3. The van der Waals surface area contributed by atoms with Crippen LogP contribution in [0.2, 0.25) is 0 Å². The Kier molecular flexibility index (Phi) is 18.9. The van der Waals surface area contributed by atoms with Crippen LogP contribution in [-0.2, 0) is 52.2 Å². The van der Waals surface area contributed by atoms with E-state index in [-0.39, 0.29) is 82.1 Å². The molecule has 89 heavy (non-hydrogen) atoms. The van der Waals surface area contributed by atoms with Crippen molar-refractivity contribution in [3.05, 3.63) is 171 Å². The third kappa shape index (κ3) is 14.4. The van der Waals surface area contributed by atoms with Crippen LogP contribution in [0.25, 0.3) is 21.6 Å². The van der Waals surface area contributed by atoms with Crippen molar-refractivity contribution in [2.75, 3.05) is 32.9 Å². The Morgan fingerprint density at radius 2 is 1.67 bits per heavy atom. The molecule has 1 saturated heterocycles. The first-order valence-corrected chi connectivity index (χ1v) is 30.5. The third-order valence-electron chi connectivity index (χ3n) is 15.9. The minimum absolute atomic E-state index is 0.00569. The van der Waals surface area contributed by atoms with Gasteiger partial charge in [-0.15, -0.1) is 16.3 Å². The fraction of sp³-hybridized carbons (Fsp3) is 0.373. The van der Waals surface area contributed by atoms with E-state index in [1.807, 2.05) is 57.2 Å². The number of carbonyl (C=O) groups excluding carboxylic acids is 6. The van der Waals surface area contributed by atoms with Crippen molar-refractivity contribution in [2.45, 2.75) is 111 Å². The molecule has 3 aliphatic heterocycles. The first-order valence-electron chi connectivity index (χ1n) is 29.6. The second kappa shape index (κ2) is 26.8. The monoisotopic (exact) mass is 1230 g/mol. The van der Waals surface area contributed by atoms with Gasteiger partial charge < -0.3 is 53.6 Å². The summed E-state index contributed by atoms with van der Waals surface area (Å²) in [6, 6.07) is 23.2. The van der Waals surface area contributed by atoms with E-state index in [1.54, 1.807) is 97.0 Å². The lowest BCUT2D eigenvalue weighted by Gasteiger charge is -2.35. The van der Waals surface area contributed by atoms with E-state index in [9.17, 15) is 38.3 Å². The second-order valence-electron chi connectivity index (χ2n) is 24.1. The molecule has 22 heteroatoms. The number of aliphatic hydroxyl groups is 1. The molecule has 0 saturated carbocycles. The Labute approximate surface area is 518 Å². The number of Topliss-reactive ketones (excluding diaryl/α,β-unsaturated/α-hetero) is 1. The van der Waals surface area contributed by atoms with Gasteiger partial charge in [-0.1, -0.05) is 56.3 Å². The van der Waals surface area contributed by atoms with E-state index < -0.39 is 71.8 Å². The zero-order chi connectivity index (χ0) is 63.4. The molecule has 19 nitrogen and oxygen atoms in total. The molecule has 466 valence electrons. The Morgan fingerprint density at radius 1 is 0.888 bits per heavy atom. The van der Waals surface area contributed by atoms with Crippen LogP contribution in [0.1, 0.15) is 102 Å². The molecule has 5 amide bonds. The summed E-state index contributed by atoms with van der Waals surface area (Å²) in [6.45, 7) is 12.9. The number of fused-ring (bicyclic) bond motifs is 2. The van der Waals surface area contributed by atoms with Crippen molar-refractivity contribution in [1.29, 1.82) is 0 Å². The van der Waals surface area contributed by atoms with Crippen LogP contribution < -0.4 is 30.5 Å². The van der Waals surface area contributed by atoms with Crippen molar-refractivity contribution in [1.82, 2.24) is 34.6 Å². The van der Waals surface area contributed by atoms with Crippen molar-refractivity contribution < 1.29 is 61.6 Å². The Bertz CT molecular complexity index is 3940. The number of nitrogens with zero attached hydrogens (tertiary/aromatic N) is 6. The fourth-order valence-corrected chi connectivity index (χ4v) is 12.4. The highest BCUT2D eigenvalue weighted by Gasteiger charge is 2.46. The van der Waals surface area contributed by atoms with Gasteiger partial charge in [0.2, 0.25) is 17.4 Å². The summed E-state index contributed by atoms with van der Waals surface area (Å²) in [5.41, 5.74) is 8.38. The van der Waals surface area contributed by atoms with Gasteiger partial charge in [0.1, 0.15) is 35.0 Å². The zero-order valence-corrected chi connectivity index (χ0v) is 51.8. The standard InChI is InChI=1S/C67H72F2N8O11S/c1-38(2)58(77-33-45-12-9-10-13-50(45)63(77)82)64(83)76-34-48(78)30-54(76)62(81)71-31-44-16-15-43(61-40(4)72-37-89-61)29-55(44)85-23-11-20-70-57(79)36-86-56-28-41(14-19-53(56)69)25-46-35-87-60-51(49-18-17-47(68)24-39(49)3)26-42(27-52(60)59(46)80)32-75-22-21-74(8)65(75)73-66(84)88-67(5,6)7/h9-10,12-19,21-22,24,26-29,37-38,46,48,54,58,78H,11,20,23,25,30-36H2,1-8H3,(H,70,79)(H,71,81)/t46-,48+,54-,58-/m0/s1. The SMILES string of the molecule is Cc1cc(F)ccc1-c1cc(Cn2ccn(C)c2=NC(=O)OC(C)(C)C)cc2c1OC[C@H](Cc1ccc(F)c(OCC(=O)NCCCOc3cc(-c4scnc4C)ccc3CNC(=O)[C@@H]3C[C@@H](O)CN3C(=O)[C@H](C(C)C)N3Cc4ccccc4C3=O)c1)C2=O. The van der Waals surface area contributed by atoms with Crippen molar-refractivity contribution in [3.63, 3.8) is 0 Å². The van der Waals surface area contributed by atoms with E-state index in [0.29, 0.717) is 68.0 Å². The number of carbonyl (C=O) groups is 6. The number of aliphatic hydroxyl groups excluding tert-OH is 1. The lowest BCUT2D eigenvalue weighted by Crippen LogP contribution is -2.55. The molecule has 3 N–H and O–H groups in total. The van der Waals surface area contributed by atoms with Crippen LogP contribution in [0.5, 0.6) is 17.2 Å². The van der Waals surface area contributed by atoms with E-state index in [4.69, 9.17) is 18.9 Å². The highest BCUT2D eigenvalue weighted by molar-refractivity contribution is 7.13. The minimum atomic E-state index is -0.985. The Hall–Kier alpha value is -9.02. The van der Waals surface area contributed by atoms with Gasteiger partial charge in [0.05, 0.1) is 53.4 Å². The molecule has 4 atom stereocenters.